The maximum atomic E-state index is 10.8. The first-order chi connectivity index (χ1) is 6.59. The molecule has 0 saturated carbocycles. The van der Waals surface area contributed by atoms with Gasteiger partial charge in [-0.15, -0.1) is 0 Å². The zero-order valence-corrected chi connectivity index (χ0v) is 7.56. The van der Waals surface area contributed by atoms with Gasteiger partial charge in [0.25, 0.3) is 0 Å². The standard InChI is InChI=1S/C9H9N3O2/c1-5-8(9(13)14)11-7-3-2-6(10)4-12(5)7/h2-4H,10H2,1H3,(H,13,14). The number of pyridine rings is 1. The second-order valence-electron chi connectivity index (χ2n) is 3.04. The summed E-state index contributed by atoms with van der Waals surface area (Å²) < 4.78 is 1.67. The van der Waals surface area contributed by atoms with Crippen LogP contribution in [-0.4, -0.2) is 20.5 Å². The Kier molecular flexibility index (Phi) is 1.67. The van der Waals surface area contributed by atoms with Crippen molar-refractivity contribution in [2.45, 2.75) is 6.92 Å². The lowest BCUT2D eigenvalue weighted by Gasteiger charge is -1.97. The first-order valence-corrected chi connectivity index (χ1v) is 4.07. The average Bonchev–Trinajstić information content (AvgIpc) is 2.44. The highest BCUT2D eigenvalue weighted by atomic mass is 16.4. The van der Waals surface area contributed by atoms with Gasteiger partial charge in [-0.05, 0) is 19.1 Å². The van der Waals surface area contributed by atoms with Crippen LogP contribution in [0.25, 0.3) is 5.65 Å². The van der Waals surface area contributed by atoms with E-state index in [1.807, 2.05) is 0 Å². The highest BCUT2D eigenvalue weighted by Gasteiger charge is 2.13. The number of carbonyl (C=O) groups is 1. The monoisotopic (exact) mass is 191 g/mol. The van der Waals surface area contributed by atoms with Crippen LogP contribution >= 0.6 is 0 Å². The zero-order valence-electron chi connectivity index (χ0n) is 7.56. The fraction of sp³-hybridized carbons (Fsp3) is 0.111. The number of nitrogen functional groups attached to an aromatic ring is 1. The molecule has 0 fully saturated rings. The summed E-state index contributed by atoms with van der Waals surface area (Å²) in [4.78, 5) is 14.7. The Balaban J connectivity index is 2.80. The van der Waals surface area contributed by atoms with Crippen LogP contribution in [0.4, 0.5) is 5.69 Å². The second kappa shape index (κ2) is 2.73. The molecule has 5 nitrogen and oxygen atoms in total. The van der Waals surface area contributed by atoms with Crippen molar-refractivity contribution >= 4 is 17.3 Å². The molecular formula is C9H9N3O2. The maximum Gasteiger partial charge on any atom is 0.356 e. The van der Waals surface area contributed by atoms with E-state index in [2.05, 4.69) is 4.98 Å². The molecule has 0 atom stereocenters. The van der Waals surface area contributed by atoms with Gasteiger partial charge in [0, 0.05) is 11.9 Å². The molecule has 0 aliphatic rings. The Labute approximate surface area is 79.8 Å². The minimum Gasteiger partial charge on any atom is -0.476 e. The lowest BCUT2D eigenvalue weighted by molar-refractivity contribution is 0.0690. The molecule has 0 aliphatic heterocycles. The van der Waals surface area contributed by atoms with Crippen molar-refractivity contribution in [3.63, 3.8) is 0 Å². The van der Waals surface area contributed by atoms with Gasteiger partial charge in [0.1, 0.15) is 5.65 Å². The van der Waals surface area contributed by atoms with Gasteiger partial charge in [-0.2, -0.15) is 0 Å². The Morgan fingerprint density at radius 2 is 2.29 bits per heavy atom. The number of aryl methyl sites for hydroxylation is 1. The third-order valence-electron chi connectivity index (χ3n) is 2.08. The zero-order chi connectivity index (χ0) is 10.3. The number of hydrogen-bond acceptors (Lipinski definition) is 3. The minimum absolute atomic E-state index is 0.0654. The van der Waals surface area contributed by atoms with E-state index >= 15 is 0 Å². The molecular weight excluding hydrogens is 182 g/mol. The fourth-order valence-electron chi connectivity index (χ4n) is 1.38. The quantitative estimate of drug-likeness (QED) is 0.702. The molecule has 2 aromatic rings. The van der Waals surface area contributed by atoms with E-state index in [0.29, 0.717) is 17.0 Å². The second-order valence-corrected chi connectivity index (χ2v) is 3.04. The smallest absolute Gasteiger partial charge is 0.356 e. The molecule has 72 valence electrons. The summed E-state index contributed by atoms with van der Waals surface area (Å²) >= 11 is 0. The topological polar surface area (TPSA) is 80.6 Å². The predicted octanol–water partition coefficient (Wildman–Crippen LogP) is 0.923. The summed E-state index contributed by atoms with van der Waals surface area (Å²) in [6.07, 6.45) is 1.66. The lowest BCUT2D eigenvalue weighted by Crippen LogP contribution is -1.99. The molecule has 3 N–H and O–H groups in total. The van der Waals surface area contributed by atoms with Crippen LogP contribution in [0.1, 0.15) is 16.2 Å². The van der Waals surface area contributed by atoms with Crippen LogP contribution in [-0.2, 0) is 0 Å². The van der Waals surface area contributed by atoms with Crippen molar-refractivity contribution in [3.8, 4) is 0 Å². The van der Waals surface area contributed by atoms with E-state index in [4.69, 9.17) is 10.8 Å². The van der Waals surface area contributed by atoms with Crippen LogP contribution in [0.3, 0.4) is 0 Å². The van der Waals surface area contributed by atoms with Gasteiger partial charge in [-0.3, -0.25) is 0 Å². The lowest BCUT2D eigenvalue weighted by atomic mass is 10.3. The maximum absolute atomic E-state index is 10.8. The molecule has 0 saturated heterocycles. The number of imidazole rings is 1. The molecule has 5 heteroatoms. The summed E-state index contributed by atoms with van der Waals surface area (Å²) in [7, 11) is 0. The molecule has 0 bridgehead atoms. The third-order valence-corrected chi connectivity index (χ3v) is 2.08. The SMILES string of the molecule is Cc1c(C(=O)O)nc2ccc(N)cn12. The van der Waals surface area contributed by atoms with Gasteiger partial charge in [0.2, 0.25) is 0 Å². The van der Waals surface area contributed by atoms with E-state index in [9.17, 15) is 4.79 Å². The van der Waals surface area contributed by atoms with Gasteiger partial charge in [0.15, 0.2) is 5.69 Å². The average molecular weight is 191 g/mol. The fourth-order valence-corrected chi connectivity index (χ4v) is 1.38. The number of anilines is 1. The first kappa shape index (κ1) is 8.55. The molecule has 0 aliphatic carbocycles. The molecule has 2 heterocycles. The van der Waals surface area contributed by atoms with E-state index in [-0.39, 0.29) is 5.69 Å². The molecule has 0 spiro atoms. The van der Waals surface area contributed by atoms with Crippen molar-refractivity contribution < 1.29 is 9.90 Å². The summed E-state index contributed by atoms with van der Waals surface area (Å²) in [6.45, 7) is 1.70. The predicted molar refractivity (Wildman–Crippen MR) is 51.3 cm³/mol. The number of nitrogens with zero attached hydrogens (tertiary/aromatic N) is 2. The van der Waals surface area contributed by atoms with E-state index in [1.165, 1.54) is 0 Å². The van der Waals surface area contributed by atoms with E-state index < -0.39 is 5.97 Å². The molecule has 0 aromatic carbocycles. The van der Waals surface area contributed by atoms with Crippen molar-refractivity contribution in [2.24, 2.45) is 0 Å². The number of carboxylic acid groups (broad SMARTS) is 1. The van der Waals surface area contributed by atoms with Crippen molar-refractivity contribution in [3.05, 3.63) is 29.7 Å². The Morgan fingerprint density at radius 1 is 1.57 bits per heavy atom. The number of aromatic carboxylic acids is 1. The minimum atomic E-state index is -1.02. The first-order valence-electron chi connectivity index (χ1n) is 4.07. The van der Waals surface area contributed by atoms with Crippen LogP contribution in [0.5, 0.6) is 0 Å². The van der Waals surface area contributed by atoms with Crippen molar-refractivity contribution in [1.82, 2.24) is 9.38 Å². The van der Waals surface area contributed by atoms with Gasteiger partial charge < -0.3 is 15.2 Å². The highest BCUT2D eigenvalue weighted by Crippen LogP contribution is 2.13. The largest absolute Gasteiger partial charge is 0.476 e. The summed E-state index contributed by atoms with van der Waals surface area (Å²) in [5, 5.41) is 8.83. The normalized spacial score (nSPS) is 10.6. The number of nitrogens with two attached hydrogens (primary N) is 1. The molecule has 0 radical (unpaired) electrons. The molecule has 14 heavy (non-hydrogen) atoms. The van der Waals surface area contributed by atoms with Crippen LogP contribution in [0.2, 0.25) is 0 Å². The van der Waals surface area contributed by atoms with Crippen LogP contribution < -0.4 is 5.73 Å². The van der Waals surface area contributed by atoms with E-state index in [1.54, 1.807) is 29.7 Å². The van der Waals surface area contributed by atoms with Gasteiger partial charge in [0.05, 0.1) is 5.69 Å². The van der Waals surface area contributed by atoms with E-state index in [0.717, 1.165) is 0 Å². The number of carboxylic acids is 1. The Hall–Kier alpha value is -2.04. The summed E-state index contributed by atoms with van der Waals surface area (Å²) in [6, 6.07) is 3.38. The van der Waals surface area contributed by atoms with Crippen LogP contribution in [0.15, 0.2) is 18.3 Å². The number of fused-ring (bicyclic) bond motifs is 1. The van der Waals surface area contributed by atoms with Crippen molar-refractivity contribution in [2.75, 3.05) is 5.73 Å². The third kappa shape index (κ3) is 1.10. The van der Waals surface area contributed by atoms with Crippen molar-refractivity contribution in [1.29, 1.82) is 0 Å². The molecule has 0 unspecified atom stereocenters. The number of rotatable bonds is 1. The van der Waals surface area contributed by atoms with Crippen LogP contribution in [0, 0.1) is 6.92 Å². The van der Waals surface area contributed by atoms with Gasteiger partial charge >= 0.3 is 5.97 Å². The number of aromatic nitrogens is 2. The van der Waals surface area contributed by atoms with Gasteiger partial charge in [-0.1, -0.05) is 0 Å². The molecule has 0 amide bonds. The highest BCUT2D eigenvalue weighted by molar-refractivity contribution is 5.87. The Morgan fingerprint density at radius 3 is 2.93 bits per heavy atom. The van der Waals surface area contributed by atoms with Gasteiger partial charge in [-0.25, -0.2) is 9.78 Å². The number of hydrogen-bond donors (Lipinski definition) is 2. The molecule has 2 rings (SSSR count). The Bertz CT molecular complexity index is 516. The summed E-state index contributed by atoms with van der Waals surface area (Å²) in [5.74, 6) is -1.02. The molecule has 2 aromatic heterocycles. The summed E-state index contributed by atoms with van der Waals surface area (Å²) in [5.41, 5.74) is 7.40.